The molecule has 0 aliphatic rings. The van der Waals surface area contributed by atoms with E-state index in [0.29, 0.717) is 9.65 Å². The Hall–Kier alpha value is -3.91. The molecule has 0 saturated carbocycles. The van der Waals surface area contributed by atoms with Crippen molar-refractivity contribution >= 4 is 21.8 Å². The number of nitrogen functional groups attached to an aromatic ring is 1. The molecule has 0 bridgehead atoms. The van der Waals surface area contributed by atoms with E-state index in [9.17, 15) is 13.2 Å². The van der Waals surface area contributed by atoms with Crippen LogP contribution >= 0.6 is 0 Å². The molecule has 0 saturated heterocycles. The lowest BCUT2D eigenvalue weighted by atomic mass is 9.87. The molecule has 1 aromatic heterocycles. The Kier molecular flexibility index (Phi) is 6.01. The summed E-state index contributed by atoms with van der Waals surface area (Å²) in [6.07, 6.45) is 0. The van der Waals surface area contributed by atoms with Gasteiger partial charge in [0.2, 0.25) is 5.88 Å². The highest BCUT2D eigenvalue weighted by molar-refractivity contribution is 7.90. The number of anilines is 1. The van der Waals surface area contributed by atoms with Crippen LogP contribution in [0, 0.1) is 0 Å². The van der Waals surface area contributed by atoms with Crippen LogP contribution in [0.5, 0.6) is 5.88 Å². The molecule has 1 heterocycles. The van der Waals surface area contributed by atoms with Gasteiger partial charge in [-0.05, 0) is 46.4 Å². The van der Waals surface area contributed by atoms with Gasteiger partial charge in [-0.1, -0.05) is 75.4 Å². The Morgan fingerprint density at radius 3 is 2.06 bits per heavy atom. The van der Waals surface area contributed by atoms with Gasteiger partial charge < -0.3 is 10.5 Å². The third-order valence-corrected chi connectivity index (χ3v) is 6.97. The van der Waals surface area contributed by atoms with E-state index in [-0.39, 0.29) is 22.0 Å². The van der Waals surface area contributed by atoms with Gasteiger partial charge in [0.25, 0.3) is 10.0 Å². The van der Waals surface area contributed by atoms with E-state index in [1.165, 1.54) is 18.2 Å². The van der Waals surface area contributed by atoms with Gasteiger partial charge in [-0.25, -0.2) is 4.79 Å². The van der Waals surface area contributed by atoms with Gasteiger partial charge in [0.05, 0.1) is 10.5 Å². The van der Waals surface area contributed by atoms with Gasteiger partial charge in [0.1, 0.15) is 5.82 Å². The first kappa shape index (κ1) is 23.3. The third-order valence-electron chi connectivity index (χ3n) is 5.35. The number of hydrogen-bond acceptors (Lipinski definition) is 6. The molecule has 4 aromatic rings. The second kappa shape index (κ2) is 8.79. The first-order valence-electron chi connectivity index (χ1n) is 10.6. The fourth-order valence-electron chi connectivity index (χ4n) is 3.41. The lowest BCUT2D eigenvalue weighted by Crippen LogP contribution is -2.18. The fourth-order valence-corrected chi connectivity index (χ4v) is 4.61. The molecule has 34 heavy (non-hydrogen) atoms. The summed E-state index contributed by atoms with van der Waals surface area (Å²) in [6.45, 7) is 6.12. The smallest absolute Gasteiger partial charge is 0.344 e. The zero-order chi connectivity index (χ0) is 24.5. The van der Waals surface area contributed by atoms with Crippen molar-refractivity contribution in [1.29, 1.82) is 0 Å². The van der Waals surface area contributed by atoms with Crippen LogP contribution in [-0.2, 0) is 15.4 Å². The van der Waals surface area contributed by atoms with Crippen LogP contribution < -0.4 is 10.5 Å². The molecule has 0 unspecified atom stereocenters. The summed E-state index contributed by atoms with van der Waals surface area (Å²) in [5.74, 6) is -1.04. The molecule has 0 aliphatic heterocycles. The average molecular weight is 476 g/mol. The van der Waals surface area contributed by atoms with Gasteiger partial charge in [-0.2, -0.15) is 8.42 Å². The fraction of sp³-hybridized carbons (Fsp3) is 0.154. The van der Waals surface area contributed by atoms with Crippen LogP contribution in [-0.4, -0.2) is 23.6 Å². The number of benzene rings is 3. The van der Waals surface area contributed by atoms with Crippen molar-refractivity contribution in [3.63, 3.8) is 0 Å². The number of aromatic nitrogens is 2. The van der Waals surface area contributed by atoms with Crippen LogP contribution in [0.25, 0.3) is 11.1 Å². The number of esters is 1. The number of nitrogens with two attached hydrogens (primary N) is 1. The number of hydrogen-bond donors (Lipinski definition) is 1. The number of carbonyl (C=O) groups excluding carboxylic acids is 1. The van der Waals surface area contributed by atoms with Gasteiger partial charge >= 0.3 is 5.97 Å². The zero-order valence-corrected chi connectivity index (χ0v) is 19.9. The first-order chi connectivity index (χ1) is 16.1. The largest absolute Gasteiger partial charge is 0.402 e. The summed E-state index contributed by atoms with van der Waals surface area (Å²) < 4.78 is 32.0. The summed E-state index contributed by atoms with van der Waals surface area (Å²) >= 11 is 0. The highest BCUT2D eigenvalue weighted by Crippen LogP contribution is 2.26. The number of rotatable bonds is 5. The number of carbonyl (C=O) groups is 1. The Bertz CT molecular complexity index is 1420. The average Bonchev–Trinajstić information content (AvgIpc) is 3.20. The van der Waals surface area contributed by atoms with E-state index in [4.69, 9.17) is 10.5 Å². The van der Waals surface area contributed by atoms with E-state index < -0.39 is 16.0 Å². The summed E-state index contributed by atoms with van der Waals surface area (Å²) in [5, 5.41) is 3.92. The molecule has 0 fully saturated rings. The van der Waals surface area contributed by atoms with Gasteiger partial charge in [-0.3, -0.25) is 0 Å². The summed E-state index contributed by atoms with van der Waals surface area (Å²) in [6, 6.07) is 24.4. The maximum Gasteiger partial charge on any atom is 0.344 e. The van der Waals surface area contributed by atoms with E-state index in [0.717, 1.165) is 16.7 Å². The van der Waals surface area contributed by atoms with Crippen LogP contribution in [0.3, 0.4) is 0 Å². The molecule has 0 atom stereocenters. The lowest BCUT2D eigenvalue weighted by molar-refractivity contribution is 0.0727. The standard InChI is InChI=1S/C26H25N3O4S/c1-26(2,3)21-13-15-22(16-14-21)34(31,32)29-23(27)17-24(28-29)33-25(30)20-11-9-19(10-12-20)18-7-5-4-6-8-18/h4-17H,27H2,1-3H3. The third kappa shape index (κ3) is 4.72. The summed E-state index contributed by atoms with van der Waals surface area (Å²) in [5.41, 5.74) is 9.04. The molecule has 8 heteroatoms. The minimum Gasteiger partial charge on any atom is -0.402 e. The molecule has 0 radical (unpaired) electrons. The van der Waals surface area contributed by atoms with Crippen LogP contribution in [0.2, 0.25) is 0 Å². The first-order valence-corrected chi connectivity index (χ1v) is 12.1. The maximum absolute atomic E-state index is 13.0. The topological polar surface area (TPSA) is 104 Å². The minimum atomic E-state index is -4.06. The van der Waals surface area contributed by atoms with Crippen molar-refractivity contribution in [2.75, 3.05) is 5.73 Å². The molecule has 0 aliphatic carbocycles. The van der Waals surface area contributed by atoms with Crippen LogP contribution in [0.4, 0.5) is 5.82 Å². The second-order valence-corrected chi connectivity index (χ2v) is 10.6. The molecule has 4 rings (SSSR count). The van der Waals surface area contributed by atoms with Crippen LogP contribution in [0.15, 0.2) is 89.8 Å². The van der Waals surface area contributed by atoms with Crippen molar-refractivity contribution in [3.8, 4) is 17.0 Å². The molecule has 3 aromatic carbocycles. The normalized spacial score (nSPS) is 11.9. The minimum absolute atomic E-state index is 0.0321. The molecular weight excluding hydrogens is 450 g/mol. The van der Waals surface area contributed by atoms with Gasteiger partial charge in [-0.15, -0.1) is 9.19 Å². The van der Waals surface area contributed by atoms with E-state index in [1.807, 2.05) is 63.2 Å². The monoisotopic (exact) mass is 475 g/mol. The SMILES string of the molecule is CC(C)(C)c1ccc(S(=O)(=O)n2nc(OC(=O)c3ccc(-c4ccccc4)cc3)cc2N)cc1. The highest BCUT2D eigenvalue weighted by Gasteiger charge is 2.24. The Labute approximate surface area is 198 Å². The maximum atomic E-state index is 13.0. The molecular formula is C26H25N3O4S. The molecule has 174 valence electrons. The Morgan fingerprint density at radius 2 is 1.47 bits per heavy atom. The molecule has 0 spiro atoms. The number of nitrogens with zero attached hydrogens (tertiary/aromatic N) is 2. The van der Waals surface area contributed by atoms with Crippen molar-refractivity contribution < 1.29 is 17.9 Å². The van der Waals surface area contributed by atoms with Crippen LogP contribution in [0.1, 0.15) is 36.7 Å². The predicted octanol–water partition coefficient (Wildman–Crippen LogP) is 4.89. The highest BCUT2D eigenvalue weighted by atomic mass is 32.2. The van der Waals surface area contributed by atoms with Crippen molar-refractivity contribution in [1.82, 2.24) is 9.19 Å². The predicted molar refractivity (Wildman–Crippen MR) is 131 cm³/mol. The molecule has 0 amide bonds. The Morgan fingerprint density at radius 1 is 0.882 bits per heavy atom. The van der Waals surface area contributed by atoms with E-state index in [2.05, 4.69) is 5.10 Å². The lowest BCUT2D eigenvalue weighted by Gasteiger charge is -2.19. The molecule has 2 N–H and O–H groups in total. The van der Waals surface area contributed by atoms with Gasteiger partial charge in [0.15, 0.2) is 0 Å². The number of ether oxygens (including phenoxy) is 1. The van der Waals surface area contributed by atoms with Crippen molar-refractivity contribution in [3.05, 3.63) is 96.1 Å². The van der Waals surface area contributed by atoms with E-state index in [1.54, 1.807) is 24.3 Å². The van der Waals surface area contributed by atoms with Crippen molar-refractivity contribution in [2.45, 2.75) is 31.1 Å². The van der Waals surface area contributed by atoms with Crippen molar-refractivity contribution in [2.24, 2.45) is 0 Å². The summed E-state index contributed by atoms with van der Waals surface area (Å²) in [7, 11) is -4.06. The quantitative estimate of drug-likeness (QED) is 0.412. The van der Waals surface area contributed by atoms with Gasteiger partial charge in [0, 0.05) is 6.07 Å². The Balaban J connectivity index is 1.53. The zero-order valence-electron chi connectivity index (χ0n) is 19.1. The van der Waals surface area contributed by atoms with E-state index >= 15 is 0 Å². The second-order valence-electron chi connectivity index (χ2n) is 8.86. The molecule has 7 nitrogen and oxygen atoms in total. The summed E-state index contributed by atoms with van der Waals surface area (Å²) in [4.78, 5) is 12.6.